The van der Waals surface area contributed by atoms with Crippen LogP contribution in [0.25, 0.3) is 0 Å². The average molecular weight is 334 g/mol. The van der Waals surface area contributed by atoms with Crippen LogP contribution in [-0.2, 0) is 30.3 Å². The van der Waals surface area contributed by atoms with E-state index < -0.39 is 12.0 Å². The number of nitrogens with zero attached hydrogens (tertiary/aromatic N) is 1. The van der Waals surface area contributed by atoms with Crippen molar-refractivity contribution in [2.45, 2.75) is 31.9 Å². The zero-order chi connectivity index (χ0) is 17.7. The molecule has 1 aliphatic heterocycles. The van der Waals surface area contributed by atoms with E-state index in [-0.39, 0.29) is 24.3 Å². The molecule has 0 aliphatic carbocycles. The van der Waals surface area contributed by atoms with Gasteiger partial charge in [-0.15, -0.1) is 0 Å². The molecule has 2 atom stereocenters. The number of hydrogen-bond donors (Lipinski definition) is 1. The third-order valence-corrected chi connectivity index (χ3v) is 4.02. The van der Waals surface area contributed by atoms with E-state index in [2.05, 4.69) is 5.32 Å². The third kappa shape index (κ3) is 4.32. The lowest BCUT2D eigenvalue weighted by Gasteiger charge is -2.22. The normalized spacial score (nSPS) is 19.9. The predicted octanol–water partition coefficient (Wildman–Crippen LogP) is 0.976. The zero-order valence-electron chi connectivity index (χ0n) is 14.1. The Morgan fingerprint density at radius 2 is 1.88 bits per heavy atom. The van der Waals surface area contributed by atoms with Crippen LogP contribution >= 0.6 is 0 Å². The van der Waals surface area contributed by atoms with Gasteiger partial charge in [0.2, 0.25) is 11.8 Å². The molecule has 0 spiro atoms. The second kappa shape index (κ2) is 7.92. The van der Waals surface area contributed by atoms with Crippen LogP contribution in [0.4, 0.5) is 5.69 Å². The molecule has 1 aromatic rings. The molecule has 1 N–H and O–H groups in total. The van der Waals surface area contributed by atoms with Crippen LogP contribution in [0.5, 0.6) is 0 Å². The molecule has 1 aliphatic rings. The fourth-order valence-electron chi connectivity index (χ4n) is 2.79. The van der Waals surface area contributed by atoms with Crippen molar-refractivity contribution in [2.75, 3.05) is 26.1 Å². The van der Waals surface area contributed by atoms with Crippen molar-refractivity contribution in [2.24, 2.45) is 0 Å². The number of ether oxygens (including phenoxy) is 2. The summed E-state index contributed by atoms with van der Waals surface area (Å²) in [6.45, 7) is 1.81. The van der Waals surface area contributed by atoms with Crippen LogP contribution in [0.1, 0.15) is 18.9 Å². The summed E-state index contributed by atoms with van der Waals surface area (Å²) in [5.74, 6) is -0.733. The lowest BCUT2D eigenvalue weighted by molar-refractivity contribution is -0.150. The molecule has 130 valence electrons. The van der Waals surface area contributed by atoms with E-state index in [0.717, 1.165) is 5.56 Å². The van der Waals surface area contributed by atoms with E-state index in [1.54, 1.807) is 31.4 Å². The van der Waals surface area contributed by atoms with Gasteiger partial charge in [-0.1, -0.05) is 12.1 Å². The molecule has 2 amide bonds. The first-order valence-corrected chi connectivity index (χ1v) is 7.71. The molecular weight excluding hydrogens is 312 g/mol. The lowest BCUT2D eigenvalue weighted by Crippen LogP contribution is -2.42. The highest BCUT2D eigenvalue weighted by Gasteiger charge is 2.40. The number of hydrogen-bond acceptors (Lipinski definition) is 5. The Morgan fingerprint density at radius 1 is 1.21 bits per heavy atom. The van der Waals surface area contributed by atoms with Gasteiger partial charge in [-0.2, -0.15) is 0 Å². The number of nitrogens with one attached hydrogen (secondary N) is 1. The molecule has 7 nitrogen and oxygen atoms in total. The molecule has 7 heteroatoms. The van der Waals surface area contributed by atoms with Crippen molar-refractivity contribution in [3.05, 3.63) is 29.8 Å². The second-order valence-electron chi connectivity index (χ2n) is 5.73. The molecule has 2 rings (SSSR count). The highest BCUT2D eigenvalue weighted by atomic mass is 16.5. The van der Waals surface area contributed by atoms with Gasteiger partial charge in [-0.3, -0.25) is 9.59 Å². The number of rotatable bonds is 5. The molecule has 1 fully saturated rings. The fraction of sp³-hybridized carbons (Fsp3) is 0.471. The zero-order valence-corrected chi connectivity index (χ0v) is 14.1. The monoisotopic (exact) mass is 334 g/mol. The van der Waals surface area contributed by atoms with E-state index in [0.29, 0.717) is 18.7 Å². The Balaban J connectivity index is 2.04. The van der Waals surface area contributed by atoms with Crippen LogP contribution in [0.3, 0.4) is 0 Å². The number of methoxy groups -OCH3 is 2. The highest BCUT2D eigenvalue weighted by Crippen LogP contribution is 2.22. The minimum Gasteiger partial charge on any atom is -0.467 e. The maximum Gasteiger partial charge on any atom is 0.328 e. The summed E-state index contributed by atoms with van der Waals surface area (Å²) in [5.41, 5.74) is 1.48. The topological polar surface area (TPSA) is 84.9 Å². The van der Waals surface area contributed by atoms with Gasteiger partial charge in [0, 0.05) is 32.7 Å². The molecule has 1 saturated heterocycles. The molecular formula is C17H22N2O5. The van der Waals surface area contributed by atoms with E-state index in [4.69, 9.17) is 9.47 Å². The van der Waals surface area contributed by atoms with Crippen molar-refractivity contribution in [3.8, 4) is 0 Å². The van der Waals surface area contributed by atoms with Crippen molar-refractivity contribution in [3.63, 3.8) is 0 Å². The van der Waals surface area contributed by atoms with Crippen LogP contribution in [-0.4, -0.2) is 55.6 Å². The van der Waals surface area contributed by atoms with Crippen molar-refractivity contribution in [1.29, 1.82) is 0 Å². The van der Waals surface area contributed by atoms with E-state index in [1.807, 2.05) is 0 Å². The molecule has 0 unspecified atom stereocenters. The smallest absolute Gasteiger partial charge is 0.328 e. The number of carbonyl (C=O) groups excluding carboxylic acids is 3. The molecule has 0 aromatic heterocycles. The van der Waals surface area contributed by atoms with Gasteiger partial charge in [-0.25, -0.2) is 4.79 Å². The Morgan fingerprint density at radius 3 is 2.42 bits per heavy atom. The molecule has 0 bridgehead atoms. The Bertz CT molecular complexity index is 614. The van der Waals surface area contributed by atoms with E-state index in [9.17, 15) is 14.4 Å². The molecule has 1 aromatic carbocycles. The summed E-state index contributed by atoms with van der Waals surface area (Å²) in [4.78, 5) is 37.0. The minimum absolute atomic E-state index is 0.151. The fourth-order valence-corrected chi connectivity index (χ4v) is 2.79. The maximum atomic E-state index is 12.6. The first-order valence-electron chi connectivity index (χ1n) is 7.71. The number of amides is 2. The largest absolute Gasteiger partial charge is 0.467 e. The predicted molar refractivity (Wildman–Crippen MR) is 87.4 cm³/mol. The minimum atomic E-state index is -0.605. The van der Waals surface area contributed by atoms with Crippen molar-refractivity contribution >= 4 is 23.5 Å². The molecule has 1 heterocycles. The van der Waals surface area contributed by atoms with Gasteiger partial charge in [0.1, 0.15) is 6.04 Å². The van der Waals surface area contributed by atoms with Gasteiger partial charge < -0.3 is 19.7 Å². The molecule has 0 saturated carbocycles. The average Bonchev–Trinajstić information content (AvgIpc) is 3.00. The van der Waals surface area contributed by atoms with Gasteiger partial charge in [0.25, 0.3) is 0 Å². The number of likely N-dealkylation sites (tertiary alicyclic amines) is 1. The Kier molecular flexibility index (Phi) is 5.92. The SMILES string of the molecule is COC(=O)[C@@H]1C[C@H](OC)CN1C(=O)Cc1ccc(NC(C)=O)cc1. The van der Waals surface area contributed by atoms with E-state index in [1.165, 1.54) is 18.9 Å². The summed E-state index contributed by atoms with van der Waals surface area (Å²) in [6, 6.07) is 6.43. The van der Waals surface area contributed by atoms with Gasteiger partial charge >= 0.3 is 5.97 Å². The quantitative estimate of drug-likeness (QED) is 0.811. The van der Waals surface area contributed by atoms with Gasteiger partial charge in [-0.05, 0) is 17.7 Å². The number of anilines is 1. The number of esters is 1. The van der Waals surface area contributed by atoms with E-state index >= 15 is 0 Å². The summed E-state index contributed by atoms with van der Waals surface area (Å²) in [5, 5.41) is 2.67. The number of benzene rings is 1. The Labute approximate surface area is 140 Å². The summed E-state index contributed by atoms with van der Waals surface area (Å²) >= 11 is 0. The maximum absolute atomic E-state index is 12.6. The first-order chi connectivity index (χ1) is 11.4. The second-order valence-corrected chi connectivity index (χ2v) is 5.73. The highest BCUT2D eigenvalue weighted by molar-refractivity contribution is 5.89. The number of carbonyl (C=O) groups is 3. The van der Waals surface area contributed by atoms with Gasteiger partial charge in [0.15, 0.2) is 0 Å². The van der Waals surface area contributed by atoms with Gasteiger partial charge in [0.05, 0.1) is 19.6 Å². The molecule has 24 heavy (non-hydrogen) atoms. The van der Waals surface area contributed by atoms with Crippen LogP contribution < -0.4 is 5.32 Å². The molecule has 0 radical (unpaired) electrons. The van der Waals surface area contributed by atoms with Crippen LogP contribution in [0.2, 0.25) is 0 Å². The summed E-state index contributed by atoms with van der Waals surface area (Å²) in [7, 11) is 2.87. The Hall–Kier alpha value is -2.41. The lowest BCUT2D eigenvalue weighted by atomic mass is 10.1. The standard InChI is InChI=1S/C17H22N2O5/c1-11(20)18-13-6-4-12(5-7-13)8-16(21)19-10-14(23-2)9-15(19)17(22)24-3/h4-7,14-15H,8-10H2,1-3H3,(H,18,20)/t14-,15-/m0/s1. The third-order valence-electron chi connectivity index (χ3n) is 4.02. The summed E-state index contributed by atoms with van der Waals surface area (Å²) in [6.07, 6.45) is 0.445. The van der Waals surface area contributed by atoms with Crippen molar-refractivity contribution in [1.82, 2.24) is 4.90 Å². The van der Waals surface area contributed by atoms with Crippen LogP contribution in [0.15, 0.2) is 24.3 Å². The summed E-state index contributed by atoms with van der Waals surface area (Å²) < 4.78 is 10.1. The van der Waals surface area contributed by atoms with Crippen molar-refractivity contribution < 1.29 is 23.9 Å². The first kappa shape index (κ1) is 17.9. The van der Waals surface area contributed by atoms with Crippen LogP contribution in [0, 0.1) is 0 Å².